The van der Waals surface area contributed by atoms with Crippen LogP contribution in [-0.2, 0) is 97.8 Å². The molecule has 1 heterocycles. The monoisotopic (exact) mass is 1390 g/mol. The quantitative estimate of drug-likeness (QED) is 0.0182. The minimum absolute atomic E-state index is 0.0239. The molecular formula is C81H117N3O16. The van der Waals surface area contributed by atoms with Crippen LogP contribution in [0, 0.1) is 0 Å². The zero-order chi connectivity index (χ0) is 71.6. The minimum Gasteiger partial charge on any atom is -0.461 e. The summed E-state index contributed by atoms with van der Waals surface area (Å²) in [6, 6.07) is 30.9. The SMILES string of the molecule is CCCCCCCCCCCCCC(=O)N[C@H]1[C@@H](OC(CC(=O)OCc2ccccc2)CC(=O)OCc2ccccc2)O[C@H](COC(=O)[C@@H](CCC(=O)OCc2ccccc2)NC(=O)Cc2ccc(NC(=O)CCCCCCC)cc2)[C@@H](O)[C@@H]1OC(=O)CCCCCCCCCCCCC. The molecule has 0 unspecified atom stereocenters. The van der Waals surface area contributed by atoms with Crippen LogP contribution < -0.4 is 16.0 Å². The number of hydrogen-bond acceptors (Lipinski definition) is 16. The van der Waals surface area contributed by atoms with E-state index in [9.17, 15) is 43.5 Å². The van der Waals surface area contributed by atoms with Gasteiger partial charge in [0.1, 0.15) is 50.7 Å². The van der Waals surface area contributed by atoms with Gasteiger partial charge >= 0.3 is 29.8 Å². The molecule has 0 saturated carbocycles. The van der Waals surface area contributed by atoms with Crippen molar-refractivity contribution in [2.24, 2.45) is 0 Å². The number of anilines is 1. The van der Waals surface area contributed by atoms with Crippen LogP contribution >= 0.6 is 0 Å². The third kappa shape index (κ3) is 36.7. The van der Waals surface area contributed by atoms with E-state index in [1.165, 1.54) is 64.2 Å². The second-order valence-corrected chi connectivity index (χ2v) is 26.6. The van der Waals surface area contributed by atoms with Crippen molar-refractivity contribution >= 4 is 53.3 Å². The van der Waals surface area contributed by atoms with Crippen LogP contribution in [-0.4, -0.2) is 102 Å². The predicted octanol–water partition coefficient (Wildman–Crippen LogP) is 15.6. The number of ether oxygens (including phenoxy) is 7. The molecule has 0 bridgehead atoms. The highest BCUT2D eigenvalue weighted by atomic mass is 16.7. The van der Waals surface area contributed by atoms with Crippen LogP contribution in [0.15, 0.2) is 115 Å². The van der Waals surface area contributed by atoms with Gasteiger partial charge in [-0.2, -0.15) is 0 Å². The van der Waals surface area contributed by atoms with Gasteiger partial charge < -0.3 is 54.2 Å². The number of carbonyl (C=O) groups excluding carboxylic acids is 8. The third-order valence-electron chi connectivity index (χ3n) is 17.9. The van der Waals surface area contributed by atoms with Crippen LogP contribution in [0.5, 0.6) is 0 Å². The number of aliphatic hydroxyl groups excluding tert-OH is 1. The average Bonchev–Trinajstić information content (AvgIpc) is 0.789. The molecule has 0 aliphatic carbocycles. The van der Waals surface area contributed by atoms with Gasteiger partial charge in [-0.25, -0.2) is 4.79 Å². The van der Waals surface area contributed by atoms with Crippen molar-refractivity contribution in [1.82, 2.24) is 10.6 Å². The van der Waals surface area contributed by atoms with Crippen LogP contribution in [0.25, 0.3) is 0 Å². The molecule has 19 heteroatoms. The molecule has 1 fully saturated rings. The van der Waals surface area contributed by atoms with Gasteiger partial charge in [-0.3, -0.25) is 33.6 Å². The molecule has 1 saturated heterocycles. The summed E-state index contributed by atoms with van der Waals surface area (Å²) in [7, 11) is 0. The number of hydrogen-bond donors (Lipinski definition) is 4. The van der Waals surface area contributed by atoms with Gasteiger partial charge in [-0.05, 0) is 60.1 Å². The smallest absolute Gasteiger partial charge is 0.328 e. The minimum atomic E-state index is -1.80. The summed E-state index contributed by atoms with van der Waals surface area (Å²) in [4.78, 5) is 111. The first kappa shape index (κ1) is 83.2. The summed E-state index contributed by atoms with van der Waals surface area (Å²) in [5, 5.41) is 21.1. The Hall–Kier alpha value is -7.48. The largest absolute Gasteiger partial charge is 0.461 e. The fourth-order valence-corrected chi connectivity index (χ4v) is 12.0. The van der Waals surface area contributed by atoms with Crippen molar-refractivity contribution in [3.05, 3.63) is 138 Å². The second-order valence-electron chi connectivity index (χ2n) is 26.6. The number of carbonyl (C=O) groups is 8. The van der Waals surface area contributed by atoms with E-state index >= 15 is 0 Å². The molecular weight excluding hydrogens is 1270 g/mol. The fraction of sp³-hybridized carbons (Fsp3) is 0.605. The van der Waals surface area contributed by atoms with Crippen LogP contribution in [0.3, 0.4) is 0 Å². The molecule has 0 spiro atoms. The number of aliphatic hydroxyl groups is 1. The van der Waals surface area contributed by atoms with E-state index in [0.29, 0.717) is 41.6 Å². The van der Waals surface area contributed by atoms with Crippen LogP contribution in [0.2, 0.25) is 0 Å². The first-order valence-corrected chi connectivity index (χ1v) is 37.6. The number of rotatable bonds is 54. The fourth-order valence-electron chi connectivity index (χ4n) is 12.0. The lowest BCUT2D eigenvalue weighted by atomic mass is 9.95. The maximum atomic E-state index is 14.5. The lowest BCUT2D eigenvalue weighted by Crippen LogP contribution is -2.66. The average molecular weight is 1390 g/mol. The van der Waals surface area contributed by atoms with Gasteiger partial charge in [0.15, 0.2) is 12.4 Å². The van der Waals surface area contributed by atoms with Crippen LogP contribution in [0.4, 0.5) is 5.69 Å². The highest BCUT2D eigenvalue weighted by Gasteiger charge is 2.50. The molecule has 6 atom stereocenters. The van der Waals surface area contributed by atoms with E-state index in [0.717, 1.165) is 102 Å². The van der Waals surface area contributed by atoms with Crippen molar-refractivity contribution < 1.29 is 76.6 Å². The number of amides is 3. The maximum absolute atomic E-state index is 14.5. The van der Waals surface area contributed by atoms with E-state index in [2.05, 4.69) is 36.7 Å². The second kappa shape index (κ2) is 51.6. The molecule has 552 valence electrons. The maximum Gasteiger partial charge on any atom is 0.328 e. The summed E-state index contributed by atoms with van der Waals surface area (Å²) in [6.45, 7) is 5.58. The zero-order valence-corrected chi connectivity index (χ0v) is 60.2. The normalized spacial score (nSPS) is 16.0. The Morgan fingerprint density at radius 3 is 1.32 bits per heavy atom. The van der Waals surface area contributed by atoms with Crippen molar-refractivity contribution in [3.8, 4) is 0 Å². The first-order valence-electron chi connectivity index (χ1n) is 37.6. The third-order valence-corrected chi connectivity index (χ3v) is 17.9. The zero-order valence-electron chi connectivity index (χ0n) is 60.2. The van der Waals surface area contributed by atoms with Gasteiger partial charge in [0, 0.05) is 31.4 Å². The lowest BCUT2D eigenvalue weighted by molar-refractivity contribution is -0.286. The number of unbranched alkanes of at least 4 members (excludes halogenated alkanes) is 24. The molecule has 0 aromatic heterocycles. The number of benzene rings is 4. The van der Waals surface area contributed by atoms with Gasteiger partial charge in [-0.1, -0.05) is 278 Å². The summed E-state index contributed by atoms with van der Waals surface area (Å²) in [6.07, 6.45) is 18.8. The molecule has 5 rings (SSSR count). The molecule has 4 N–H and O–H groups in total. The Labute approximate surface area is 595 Å². The topological polar surface area (TPSA) is 257 Å². The highest BCUT2D eigenvalue weighted by Crippen LogP contribution is 2.29. The first-order chi connectivity index (χ1) is 48.7. The van der Waals surface area contributed by atoms with E-state index in [4.69, 9.17) is 33.2 Å². The van der Waals surface area contributed by atoms with E-state index < -0.39 is 104 Å². The molecule has 0 radical (unpaired) electrons. The summed E-state index contributed by atoms with van der Waals surface area (Å²) < 4.78 is 42.3. The Morgan fingerprint density at radius 1 is 0.440 bits per heavy atom. The highest BCUT2D eigenvalue weighted by molar-refractivity contribution is 5.91. The van der Waals surface area contributed by atoms with Gasteiger partial charge in [-0.15, -0.1) is 0 Å². The Bertz CT molecular complexity index is 2860. The Morgan fingerprint density at radius 2 is 0.860 bits per heavy atom. The number of nitrogens with one attached hydrogen (secondary N) is 3. The van der Waals surface area contributed by atoms with Crippen molar-refractivity contribution in [2.75, 3.05) is 11.9 Å². The van der Waals surface area contributed by atoms with Gasteiger partial charge in [0.05, 0.1) is 25.4 Å². The van der Waals surface area contributed by atoms with Crippen molar-refractivity contribution in [2.45, 2.75) is 308 Å². The lowest BCUT2D eigenvalue weighted by Gasteiger charge is -2.44. The standard InChI is InChI=1S/C81H117N3O16/c1-4-7-10-13-15-17-19-21-23-26-38-47-71(86)84-77-79(100-74(89)48-39-27-24-22-20-18-16-14-11-8-5-2)78(92)69(99-81(77)98-67(56-75(90)95-59-64-42-33-29-34-43-64)57-76(91)96-60-65-44-35-30-36-45-65)61-97-80(93)68(53-54-73(88)94-58-63-40-31-28-32-41-63)83-72(87)55-62-49-51-66(52-50-62)82-70(85)46-37-25-12-9-6-3/h28-36,40-45,49-52,67-69,77-79,81,92H,4-27,37-39,46-48,53-61H2,1-3H3,(H,82,85)(H,83,87)(H,84,86)/t68-,69-,77-,78-,79-,81+/m1/s1. The van der Waals surface area contributed by atoms with Gasteiger partial charge in [0.2, 0.25) is 17.7 Å². The molecule has 4 aromatic carbocycles. The van der Waals surface area contributed by atoms with Gasteiger partial charge in [0.25, 0.3) is 0 Å². The van der Waals surface area contributed by atoms with Crippen LogP contribution in [0.1, 0.15) is 261 Å². The molecule has 19 nitrogen and oxygen atoms in total. The molecule has 1 aliphatic heterocycles. The van der Waals surface area contributed by atoms with Crippen molar-refractivity contribution in [1.29, 1.82) is 0 Å². The van der Waals surface area contributed by atoms with E-state index in [1.807, 2.05) is 30.3 Å². The summed E-state index contributed by atoms with van der Waals surface area (Å²) >= 11 is 0. The molecule has 1 aliphatic rings. The number of esters is 5. The predicted molar refractivity (Wildman–Crippen MR) is 386 cm³/mol. The van der Waals surface area contributed by atoms with Crippen molar-refractivity contribution in [3.63, 3.8) is 0 Å². The van der Waals surface area contributed by atoms with E-state index in [1.54, 1.807) is 84.9 Å². The molecule has 4 aromatic rings. The Kier molecular flexibility index (Phi) is 42.9. The molecule has 3 amide bonds. The molecule has 100 heavy (non-hydrogen) atoms. The summed E-state index contributed by atoms with van der Waals surface area (Å²) in [5.41, 5.74) is 3.27. The van der Waals surface area contributed by atoms with E-state index in [-0.39, 0.29) is 57.8 Å². The summed E-state index contributed by atoms with van der Waals surface area (Å²) in [5.74, 6) is -5.02. The Balaban J connectivity index is 1.41.